The lowest BCUT2D eigenvalue weighted by Gasteiger charge is -2.21. The summed E-state index contributed by atoms with van der Waals surface area (Å²) in [7, 11) is 2.16. The van der Waals surface area contributed by atoms with Crippen LogP contribution in [0.3, 0.4) is 0 Å². The summed E-state index contributed by atoms with van der Waals surface area (Å²) in [6.07, 6.45) is 8.10. The minimum Gasteiger partial charge on any atom is -0.357 e. The molecule has 6 nitrogen and oxygen atoms in total. The molecule has 0 aromatic rings. The predicted molar refractivity (Wildman–Crippen MR) is 124 cm³/mol. The van der Waals surface area contributed by atoms with Gasteiger partial charge in [0.05, 0.1) is 6.54 Å². The van der Waals surface area contributed by atoms with Crippen molar-refractivity contribution in [1.29, 1.82) is 0 Å². The fourth-order valence-corrected chi connectivity index (χ4v) is 3.89. The number of hydrogen-bond donors (Lipinski definition) is 2. The standard InChI is InChI=1S/C20H39N5O.HI/c1-4-6-13-24(3)15-12-22-20(21-5-2)23-18-11-14-25(16-18)19(26)17-9-7-8-10-17;/h17-18H,4-16H2,1-3H3,(H2,21,22,23);1H. The van der Waals surface area contributed by atoms with Gasteiger partial charge in [-0.3, -0.25) is 9.79 Å². The van der Waals surface area contributed by atoms with Crippen molar-refractivity contribution in [3.05, 3.63) is 0 Å². The van der Waals surface area contributed by atoms with E-state index in [0.29, 0.717) is 11.9 Å². The van der Waals surface area contributed by atoms with Crippen molar-refractivity contribution in [2.24, 2.45) is 10.9 Å². The molecular weight excluding hydrogens is 453 g/mol. The van der Waals surface area contributed by atoms with E-state index in [1.165, 1.54) is 25.7 Å². The van der Waals surface area contributed by atoms with Crippen LogP contribution in [-0.4, -0.2) is 74.0 Å². The van der Waals surface area contributed by atoms with Crippen molar-refractivity contribution in [2.75, 3.05) is 46.3 Å². The van der Waals surface area contributed by atoms with Crippen LogP contribution in [0.25, 0.3) is 0 Å². The molecule has 2 N–H and O–H groups in total. The van der Waals surface area contributed by atoms with Gasteiger partial charge in [0, 0.05) is 38.1 Å². The van der Waals surface area contributed by atoms with Crippen LogP contribution in [-0.2, 0) is 4.79 Å². The highest BCUT2D eigenvalue weighted by Gasteiger charge is 2.32. The molecule has 0 radical (unpaired) electrons. The first-order valence-electron chi connectivity index (χ1n) is 10.7. The third-order valence-electron chi connectivity index (χ3n) is 5.53. The van der Waals surface area contributed by atoms with Gasteiger partial charge in [-0.2, -0.15) is 0 Å². The molecule has 0 spiro atoms. The van der Waals surface area contributed by atoms with Crippen molar-refractivity contribution in [3.63, 3.8) is 0 Å². The number of carbonyl (C=O) groups is 1. The summed E-state index contributed by atoms with van der Waals surface area (Å²) < 4.78 is 0. The second kappa shape index (κ2) is 13.6. The number of halogens is 1. The molecule has 0 aromatic heterocycles. The lowest BCUT2D eigenvalue weighted by atomic mass is 10.1. The van der Waals surface area contributed by atoms with Gasteiger partial charge in [0.2, 0.25) is 5.91 Å². The number of amides is 1. The van der Waals surface area contributed by atoms with E-state index >= 15 is 0 Å². The lowest BCUT2D eigenvalue weighted by Crippen LogP contribution is -2.45. The first-order chi connectivity index (χ1) is 12.6. The quantitative estimate of drug-likeness (QED) is 0.295. The maximum atomic E-state index is 12.6. The molecule has 0 aromatic carbocycles. The highest BCUT2D eigenvalue weighted by Crippen LogP contribution is 2.27. The van der Waals surface area contributed by atoms with Crippen molar-refractivity contribution < 1.29 is 4.79 Å². The third-order valence-corrected chi connectivity index (χ3v) is 5.53. The molecule has 0 bridgehead atoms. The average molecular weight is 493 g/mol. The molecule has 2 fully saturated rings. The molecule has 1 aliphatic carbocycles. The van der Waals surface area contributed by atoms with Crippen LogP contribution >= 0.6 is 24.0 Å². The Balaban J connectivity index is 0.00000364. The van der Waals surface area contributed by atoms with Gasteiger partial charge in [-0.05, 0) is 46.2 Å². The summed E-state index contributed by atoms with van der Waals surface area (Å²) in [6.45, 7) is 9.78. The second-order valence-electron chi connectivity index (χ2n) is 7.81. The molecular formula is C20H40IN5O. The normalized spacial score (nSPS) is 20.8. The summed E-state index contributed by atoms with van der Waals surface area (Å²) >= 11 is 0. The number of unbranched alkanes of at least 4 members (excludes halogenated alkanes) is 1. The molecule has 1 heterocycles. The molecule has 2 rings (SSSR count). The number of hydrogen-bond acceptors (Lipinski definition) is 3. The summed E-state index contributed by atoms with van der Waals surface area (Å²) in [5, 5.41) is 6.88. The average Bonchev–Trinajstić information content (AvgIpc) is 3.31. The first-order valence-corrected chi connectivity index (χ1v) is 10.7. The van der Waals surface area contributed by atoms with Crippen LogP contribution < -0.4 is 10.6 Å². The van der Waals surface area contributed by atoms with Crippen molar-refractivity contribution in [1.82, 2.24) is 20.4 Å². The zero-order valence-electron chi connectivity index (χ0n) is 17.5. The number of guanidine groups is 1. The fourth-order valence-electron chi connectivity index (χ4n) is 3.89. The van der Waals surface area contributed by atoms with Crippen LogP contribution in [0.2, 0.25) is 0 Å². The van der Waals surface area contributed by atoms with Crippen molar-refractivity contribution in [3.8, 4) is 0 Å². The van der Waals surface area contributed by atoms with Crippen molar-refractivity contribution >= 4 is 35.8 Å². The predicted octanol–water partition coefficient (Wildman–Crippen LogP) is 2.68. The van der Waals surface area contributed by atoms with Gasteiger partial charge < -0.3 is 20.4 Å². The van der Waals surface area contributed by atoms with Crippen LogP contribution in [0.5, 0.6) is 0 Å². The Labute approximate surface area is 182 Å². The maximum Gasteiger partial charge on any atom is 0.225 e. The van der Waals surface area contributed by atoms with Gasteiger partial charge in [0.15, 0.2) is 5.96 Å². The molecule has 158 valence electrons. The fraction of sp³-hybridized carbons (Fsp3) is 0.900. The van der Waals surface area contributed by atoms with Gasteiger partial charge in [-0.25, -0.2) is 0 Å². The number of nitrogens with zero attached hydrogens (tertiary/aromatic N) is 3. The van der Waals surface area contributed by atoms with Crippen molar-refractivity contribution in [2.45, 2.75) is 64.8 Å². The smallest absolute Gasteiger partial charge is 0.225 e. The number of nitrogens with one attached hydrogen (secondary N) is 2. The Morgan fingerprint density at radius 2 is 1.93 bits per heavy atom. The summed E-state index contributed by atoms with van der Waals surface area (Å²) in [5.41, 5.74) is 0. The van der Waals surface area contributed by atoms with E-state index in [0.717, 1.165) is 64.5 Å². The monoisotopic (exact) mass is 493 g/mol. The summed E-state index contributed by atoms with van der Waals surface area (Å²) in [4.78, 5) is 21.7. The van der Waals surface area contributed by atoms with Crippen LogP contribution in [0, 0.1) is 5.92 Å². The van der Waals surface area contributed by atoms with Crippen LogP contribution in [0.4, 0.5) is 0 Å². The first kappa shape index (κ1) is 24.5. The lowest BCUT2D eigenvalue weighted by molar-refractivity contribution is -0.134. The molecule has 7 heteroatoms. The van der Waals surface area contributed by atoms with Gasteiger partial charge in [-0.1, -0.05) is 26.2 Å². The minimum atomic E-state index is 0. The number of likely N-dealkylation sites (N-methyl/N-ethyl adjacent to an activating group) is 1. The topological polar surface area (TPSA) is 60.0 Å². The van der Waals surface area contributed by atoms with Gasteiger partial charge in [0.25, 0.3) is 0 Å². The summed E-state index contributed by atoms with van der Waals surface area (Å²) in [6, 6.07) is 0.316. The molecule has 1 saturated carbocycles. The molecule has 2 aliphatic rings. The van der Waals surface area contributed by atoms with E-state index in [-0.39, 0.29) is 29.9 Å². The van der Waals surface area contributed by atoms with Gasteiger partial charge >= 0.3 is 0 Å². The Kier molecular flexibility index (Phi) is 12.3. The Morgan fingerprint density at radius 3 is 2.59 bits per heavy atom. The maximum absolute atomic E-state index is 12.6. The molecule has 1 saturated heterocycles. The van der Waals surface area contributed by atoms with E-state index in [1.54, 1.807) is 0 Å². The highest BCUT2D eigenvalue weighted by molar-refractivity contribution is 14.0. The molecule has 27 heavy (non-hydrogen) atoms. The number of carbonyl (C=O) groups excluding carboxylic acids is 1. The van der Waals surface area contributed by atoms with E-state index in [2.05, 4.69) is 41.3 Å². The van der Waals surface area contributed by atoms with Gasteiger partial charge in [0.1, 0.15) is 0 Å². The summed E-state index contributed by atoms with van der Waals surface area (Å²) in [5.74, 6) is 1.55. The SMILES string of the molecule is CCCCN(C)CCN=C(NCC)NC1CCN(C(=O)C2CCCC2)C1.I. The van der Waals surface area contributed by atoms with Crippen LogP contribution in [0.15, 0.2) is 4.99 Å². The van der Waals surface area contributed by atoms with E-state index in [4.69, 9.17) is 4.99 Å². The second-order valence-corrected chi connectivity index (χ2v) is 7.81. The number of likely N-dealkylation sites (tertiary alicyclic amines) is 1. The molecule has 1 aliphatic heterocycles. The Hall–Kier alpha value is -0.570. The molecule has 1 atom stereocenters. The molecule has 1 amide bonds. The zero-order chi connectivity index (χ0) is 18.8. The Morgan fingerprint density at radius 1 is 1.19 bits per heavy atom. The van der Waals surface area contributed by atoms with Gasteiger partial charge in [-0.15, -0.1) is 24.0 Å². The van der Waals surface area contributed by atoms with Crippen LogP contribution in [0.1, 0.15) is 58.8 Å². The number of rotatable bonds is 9. The van der Waals surface area contributed by atoms with E-state index < -0.39 is 0 Å². The van der Waals surface area contributed by atoms with E-state index in [9.17, 15) is 4.79 Å². The Bertz CT molecular complexity index is 454. The molecule has 1 unspecified atom stereocenters. The van der Waals surface area contributed by atoms with E-state index in [1.807, 2.05) is 0 Å². The third kappa shape index (κ3) is 8.54. The number of aliphatic imine (C=N–C) groups is 1. The minimum absolute atomic E-state index is 0. The largest absolute Gasteiger partial charge is 0.357 e. The zero-order valence-corrected chi connectivity index (χ0v) is 19.8. The highest BCUT2D eigenvalue weighted by atomic mass is 127.